The molecule has 1 aromatic carbocycles. The minimum absolute atomic E-state index is 0.127. The van der Waals surface area contributed by atoms with Crippen molar-refractivity contribution in [2.75, 3.05) is 19.6 Å². The Morgan fingerprint density at radius 3 is 2.81 bits per heavy atom. The summed E-state index contributed by atoms with van der Waals surface area (Å²) < 4.78 is 1.42. The number of amides is 1. The van der Waals surface area contributed by atoms with E-state index >= 15 is 0 Å². The van der Waals surface area contributed by atoms with Gasteiger partial charge in [-0.15, -0.1) is 0 Å². The normalized spacial score (nSPS) is 14.8. The minimum Gasteiger partial charge on any atom is -0.358 e. The Morgan fingerprint density at radius 1 is 1.06 bits per heavy atom. The summed E-state index contributed by atoms with van der Waals surface area (Å²) in [4.78, 5) is 35.2. The summed E-state index contributed by atoms with van der Waals surface area (Å²) in [5, 5.41) is 4.06. The maximum absolute atomic E-state index is 12.6. The van der Waals surface area contributed by atoms with Gasteiger partial charge in [-0.3, -0.25) is 14.0 Å². The minimum atomic E-state index is -0.359. The molecule has 3 aromatic heterocycles. The zero-order chi connectivity index (χ0) is 21.9. The Bertz CT molecular complexity index is 1320. The number of hydrogen-bond acceptors (Lipinski definition) is 4. The molecule has 5 rings (SSSR count). The molecule has 1 aliphatic heterocycles. The van der Waals surface area contributed by atoms with Crippen LogP contribution in [0.15, 0.2) is 59.5 Å². The summed E-state index contributed by atoms with van der Waals surface area (Å²) in [6.07, 6.45) is 6.63. The highest BCUT2D eigenvalue weighted by molar-refractivity contribution is 5.92. The van der Waals surface area contributed by atoms with Crippen LogP contribution in [0.25, 0.3) is 16.6 Å². The van der Waals surface area contributed by atoms with Crippen molar-refractivity contribution in [3.05, 3.63) is 82.0 Å². The smallest absolute Gasteiger partial charge is 0.270 e. The van der Waals surface area contributed by atoms with Crippen molar-refractivity contribution in [1.82, 2.24) is 24.6 Å². The highest BCUT2D eigenvalue weighted by Gasteiger charge is 2.12. The van der Waals surface area contributed by atoms with Crippen molar-refractivity contribution in [3.8, 4) is 0 Å². The summed E-state index contributed by atoms with van der Waals surface area (Å²) in [7, 11) is 0. The van der Waals surface area contributed by atoms with Crippen LogP contribution in [0.3, 0.4) is 0 Å². The maximum Gasteiger partial charge on any atom is 0.270 e. The van der Waals surface area contributed by atoms with Gasteiger partial charge >= 0.3 is 0 Å². The van der Waals surface area contributed by atoms with E-state index in [4.69, 9.17) is 0 Å². The number of aromatic nitrogens is 3. The van der Waals surface area contributed by atoms with Gasteiger partial charge in [0.15, 0.2) is 0 Å². The first-order valence-electron chi connectivity index (χ1n) is 11.3. The molecule has 0 saturated carbocycles. The van der Waals surface area contributed by atoms with Crippen LogP contribution >= 0.6 is 0 Å². The summed E-state index contributed by atoms with van der Waals surface area (Å²) in [5.74, 6) is -0.359. The molecule has 0 aliphatic carbocycles. The largest absolute Gasteiger partial charge is 0.358 e. The van der Waals surface area contributed by atoms with Crippen molar-refractivity contribution in [2.24, 2.45) is 0 Å². The van der Waals surface area contributed by atoms with Gasteiger partial charge in [-0.2, -0.15) is 0 Å². The highest BCUT2D eigenvalue weighted by atomic mass is 16.2. The maximum atomic E-state index is 12.6. The van der Waals surface area contributed by atoms with E-state index in [-0.39, 0.29) is 17.2 Å². The fraction of sp³-hybridized carbons (Fsp3) is 0.320. The monoisotopic (exact) mass is 429 g/mol. The number of H-pyrrole nitrogens is 1. The van der Waals surface area contributed by atoms with Crippen LogP contribution in [0, 0.1) is 0 Å². The molecule has 1 saturated heterocycles. The number of carbonyl (C=O) groups is 1. The molecule has 1 aliphatic rings. The summed E-state index contributed by atoms with van der Waals surface area (Å²) >= 11 is 0. The lowest BCUT2D eigenvalue weighted by Crippen LogP contribution is -2.31. The van der Waals surface area contributed by atoms with E-state index in [9.17, 15) is 9.59 Å². The van der Waals surface area contributed by atoms with Gasteiger partial charge in [0.2, 0.25) is 0 Å². The van der Waals surface area contributed by atoms with Crippen LogP contribution in [0.4, 0.5) is 0 Å². The molecule has 7 heteroatoms. The number of carbonyl (C=O) groups excluding carboxylic acids is 1. The van der Waals surface area contributed by atoms with Crippen molar-refractivity contribution in [3.63, 3.8) is 0 Å². The molecule has 4 heterocycles. The van der Waals surface area contributed by atoms with Gasteiger partial charge in [0.05, 0.1) is 0 Å². The lowest BCUT2D eigenvalue weighted by molar-refractivity contribution is 0.0946. The molecule has 32 heavy (non-hydrogen) atoms. The van der Waals surface area contributed by atoms with Crippen molar-refractivity contribution in [1.29, 1.82) is 0 Å². The second kappa shape index (κ2) is 8.96. The zero-order valence-corrected chi connectivity index (χ0v) is 18.0. The van der Waals surface area contributed by atoms with Gasteiger partial charge in [-0.05, 0) is 61.1 Å². The van der Waals surface area contributed by atoms with Crippen LogP contribution in [-0.4, -0.2) is 44.8 Å². The third-order valence-corrected chi connectivity index (χ3v) is 6.15. The lowest BCUT2D eigenvalue weighted by Gasteiger charge is -2.25. The van der Waals surface area contributed by atoms with Gasteiger partial charge in [-0.25, -0.2) is 4.98 Å². The molecule has 7 nitrogen and oxygen atoms in total. The van der Waals surface area contributed by atoms with E-state index < -0.39 is 0 Å². The molecule has 4 aromatic rings. The highest BCUT2D eigenvalue weighted by Crippen LogP contribution is 2.18. The van der Waals surface area contributed by atoms with Crippen molar-refractivity contribution in [2.45, 2.75) is 32.2 Å². The standard InChI is InChI=1S/C25H27N5O2/c31-24-16-22(28-23-6-2-5-12-30(23)24)25(32)26-17-18-7-8-19-15-20(27-21(19)14-18)9-13-29-10-3-1-4-11-29/h2,5-8,12,14-16,27H,1,3-4,9-11,13,17H2,(H,26,32). The summed E-state index contributed by atoms with van der Waals surface area (Å²) in [5.41, 5.74) is 3.62. The first-order valence-corrected chi connectivity index (χ1v) is 11.3. The number of piperidine rings is 1. The molecule has 0 atom stereocenters. The third kappa shape index (κ3) is 4.43. The number of aromatic amines is 1. The van der Waals surface area contributed by atoms with E-state index in [0.717, 1.165) is 24.0 Å². The third-order valence-electron chi connectivity index (χ3n) is 6.15. The summed E-state index contributed by atoms with van der Waals surface area (Å²) in [6.45, 7) is 3.88. The first kappa shape index (κ1) is 20.5. The average Bonchev–Trinajstić information content (AvgIpc) is 3.24. The van der Waals surface area contributed by atoms with Gasteiger partial charge in [-0.1, -0.05) is 24.6 Å². The molecule has 1 amide bonds. The predicted octanol–water partition coefficient (Wildman–Crippen LogP) is 3.13. The Labute approximate surface area is 186 Å². The average molecular weight is 430 g/mol. The number of pyridine rings is 1. The number of hydrogen-bond donors (Lipinski definition) is 2. The number of fused-ring (bicyclic) bond motifs is 2. The van der Waals surface area contributed by atoms with E-state index in [1.54, 1.807) is 24.4 Å². The van der Waals surface area contributed by atoms with Gasteiger partial charge in [0, 0.05) is 43.0 Å². The predicted molar refractivity (Wildman–Crippen MR) is 125 cm³/mol. The lowest BCUT2D eigenvalue weighted by atomic mass is 10.1. The molecule has 0 radical (unpaired) electrons. The topological polar surface area (TPSA) is 82.5 Å². The second-order valence-electron chi connectivity index (χ2n) is 8.46. The zero-order valence-electron chi connectivity index (χ0n) is 18.0. The Kier molecular flexibility index (Phi) is 5.73. The quantitative estimate of drug-likeness (QED) is 0.493. The van der Waals surface area contributed by atoms with Gasteiger partial charge < -0.3 is 15.2 Å². The molecular weight excluding hydrogens is 402 g/mol. The first-order chi connectivity index (χ1) is 15.7. The number of rotatable bonds is 6. The number of nitrogens with zero attached hydrogens (tertiary/aromatic N) is 3. The van der Waals surface area contributed by atoms with Crippen LogP contribution in [0.2, 0.25) is 0 Å². The fourth-order valence-corrected chi connectivity index (χ4v) is 4.38. The van der Waals surface area contributed by atoms with Crippen LogP contribution < -0.4 is 10.9 Å². The Hall–Kier alpha value is -3.45. The van der Waals surface area contributed by atoms with Crippen LogP contribution in [0.1, 0.15) is 41.0 Å². The molecule has 1 fully saturated rings. The van der Waals surface area contributed by atoms with Crippen LogP contribution in [-0.2, 0) is 13.0 Å². The van der Waals surface area contributed by atoms with Crippen molar-refractivity contribution < 1.29 is 4.79 Å². The van der Waals surface area contributed by atoms with E-state index in [1.165, 1.54) is 53.9 Å². The summed E-state index contributed by atoms with van der Waals surface area (Å²) in [6, 6.07) is 14.9. The molecule has 0 unspecified atom stereocenters. The van der Waals surface area contributed by atoms with Crippen LogP contribution in [0.5, 0.6) is 0 Å². The van der Waals surface area contributed by atoms with Gasteiger partial charge in [0.25, 0.3) is 11.5 Å². The fourth-order valence-electron chi connectivity index (χ4n) is 4.38. The molecule has 2 N–H and O–H groups in total. The Balaban J connectivity index is 1.24. The second-order valence-corrected chi connectivity index (χ2v) is 8.46. The molecule has 0 bridgehead atoms. The molecule has 164 valence electrons. The molecular formula is C25H27N5O2. The number of nitrogens with one attached hydrogen (secondary N) is 2. The Morgan fingerprint density at radius 2 is 1.94 bits per heavy atom. The molecule has 0 spiro atoms. The van der Waals surface area contributed by atoms with E-state index in [2.05, 4.69) is 38.4 Å². The van der Waals surface area contributed by atoms with E-state index in [1.807, 2.05) is 6.07 Å². The number of likely N-dealkylation sites (tertiary alicyclic amines) is 1. The SMILES string of the molecule is O=C(NCc1ccc2cc(CCN3CCCCC3)[nH]c2c1)c1cc(=O)n2ccccc2n1. The van der Waals surface area contributed by atoms with Crippen molar-refractivity contribution >= 4 is 22.5 Å². The number of benzene rings is 1. The van der Waals surface area contributed by atoms with E-state index in [0.29, 0.717) is 12.2 Å². The van der Waals surface area contributed by atoms with Gasteiger partial charge in [0.1, 0.15) is 11.3 Å².